The Hall–Kier alpha value is -0.613. The first kappa shape index (κ1) is 15.4. The van der Waals surface area contributed by atoms with E-state index in [1.807, 2.05) is 13.0 Å². The number of ether oxygens (including phenoxy) is 1. The van der Waals surface area contributed by atoms with Crippen LogP contribution in [-0.4, -0.2) is 26.5 Å². The number of rotatable bonds is 4. The van der Waals surface area contributed by atoms with E-state index in [0.717, 1.165) is 12.8 Å². The van der Waals surface area contributed by atoms with E-state index in [2.05, 4.69) is 33.9 Å². The molecule has 0 saturated carbocycles. The van der Waals surface area contributed by atoms with E-state index in [1.54, 1.807) is 0 Å². The fourth-order valence-corrected chi connectivity index (χ4v) is 2.66. The third-order valence-electron chi connectivity index (χ3n) is 4.05. The number of carbonyl (C=O) groups is 1. The zero-order valence-corrected chi connectivity index (χ0v) is 13.5. The standard InChI is InChI=1S/C14H26O3Si/c1-13(2,3)18(5,6)16-11-10-14(4)9-7-8-12(15)17-14/h7-8H,9-11H2,1-6H3/t14-/m1/s1. The maximum absolute atomic E-state index is 11.3. The second-order valence-electron chi connectivity index (χ2n) is 6.84. The van der Waals surface area contributed by atoms with E-state index in [9.17, 15) is 4.79 Å². The quantitative estimate of drug-likeness (QED) is 0.577. The zero-order valence-electron chi connectivity index (χ0n) is 12.5. The summed E-state index contributed by atoms with van der Waals surface area (Å²) in [7, 11) is -1.70. The maximum Gasteiger partial charge on any atom is 0.330 e. The molecular weight excluding hydrogens is 244 g/mol. The highest BCUT2D eigenvalue weighted by Crippen LogP contribution is 2.37. The van der Waals surface area contributed by atoms with Crippen molar-refractivity contribution in [1.29, 1.82) is 0 Å². The molecule has 0 saturated heterocycles. The molecule has 0 radical (unpaired) electrons. The van der Waals surface area contributed by atoms with Crippen molar-refractivity contribution < 1.29 is 14.0 Å². The average Bonchev–Trinajstić information content (AvgIpc) is 2.14. The van der Waals surface area contributed by atoms with E-state index in [4.69, 9.17) is 9.16 Å². The Kier molecular flexibility index (Phi) is 4.44. The molecule has 1 heterocycles. The SMILES string of the molecule is CC(C)(C)[Si](C)(C)OCC[C@@]1(C)CC=CC(=O)O1. The summed E-state index contributed by atoms with van der Waals surface area (Å²) in [5, 5.41) is 0.219. The summed E-state index contributed by atoms with van der Waals surface area (Å²) < 4.78 is 11.5. The molecule has 0 N–H and O–H groups in total. The van der Waals surface area contributed by atoms with Crippen LogP contribution in [0.1, 0.15) is 40.5 Å². The molecule has 1 rings (SSSR count). The predicted molar refractivity (Wildman–Crippen MR) is 76.0 cm³/mol. The average molecular weight is 270 g/mol. The Balaban J connectivity index is 2.47. The molecule has 18 heavy (non-hydrogen) atoms. The van der Waals surface area contributed by atoms with E-state index < -0.39 is 13.9 Å². The smallest absolute Gasteiger partial charge is 0.330 e. The van der Waals surface area contributed by atoms with Crippen LogP contribution in [0.3, 0.4) is 0 Å². The molecule has 1 aliphatic heterocycles. The molecule has 0 spiro atoms. The lowest BCUT2D eigenvalue weighted by molar-refractivity contribution is -0.154. The summed E-state index contributed by atoms with van der Waals surface area (Å²) in [5.74, 6) is -0.240. The van der Waals surface area contributed by atoms with Crippen molar-refractivity contribution in [3.8, 4) is 0 Å². The monoisotopic (exact) mass is 270 g/mol. The minimum atomic E-state index is -1.70. The van der Waals surface area contributed by atoms with E-state index in [1.165, 1.54) is 6.08 Å². The second kappa shape index (κ2) is 5.17. The number of carbonyl (C=O) groups excluding carboxylic acids is 1. The summed E-state index contributed by atoms with van der Waals surface area (Å²) in [6.45, 7) is 13.8. The molecule has 0 unspecified atom stereocenters. The minimum Gasteiger partial charge on any atom is -0.456 e. The van der Waals surface area contributed by atoms with Crippen LogP contribution in [0.25, 0.3) is 0 Å². The summed E-state index contributed by atoms with van der Waals surface area (Å²) in [6, 6.07) is 0. The van der Waals surface area contributed by atoms with Gasteiger partial charge in [-0.3, -0.25) is 0 Å². The van der Waals surface area contributed by atoms with Gasteiger partial charge in [0.1, 0.15) is 5.60 Å². The van der Waals surface area contributed by atoms with Gasteiger partial charge in [0.05, 0.1) is 0 Å². The van der Waals surface area contributed by atoms with E-state index >= 15 is 0 Å². The summed E-state index contributed by atoms with van der Waals surface area (Å²) >= 11 is 0. The minimum absolute atomic E-state index is 0.219. The first-order valence-corrected chi connectivity index (χ1v) is 9.50. The normalized spacial score (nSPS) is 25.1. The van der Waals surface area contributed by atoms with Crippen molar-refractivity contribution in [1.82, 2.24) is 0 Å². The van der Waals surface area contributed by atoms with Gasteiger partial charge in [0, 0.05) is 25.5 Å². The fraction of sp³-hybridized carbons (Fsp3) is 0.786. The molecule has 3 nitrogen and oxygen atoms in total. The Morgan fingerprint density at radius 2 is 2.06 bits per heavy atom. The van der Waals surface area contributed by atoms with Crippen molar-refractivity contribution in [3.05, 3.63) is 12.2 Å². The van der Waals surface area contributed by atoms with E-state index in [-0.39, 0.29) is 11.0 Å². The van der Waals surface area contributed by atoms with Gasteiger partial charge in [0.15, 0.2) is 8.32 Å². The highest BCUT2D eigenvalue weighted by molar-refractivity contribution is 6.74. The largest absolute Gasteiger partial charge is 0.456 e. The molecule has 1 aliphatic rings. The molecule has 0 fully saturated rings. The van der Waals surface area contributed by atoms with Crippen LogP contribution in [0, 0.1) is 0 Å². The van der Waals surface area contributed by atoms with E-state index in [0.29, 0.717) is 6.61 Å². The number of hydrogen-bond acceptors (Lipinski definition) is 3. The third kappa shape index (κ3) is 3.95. The third-order valence-corrected chi connectivity index (χ3v) is 8.59. The molecule has 0 amide bonds. The Morgan fingerprint density at radius 3 is 2.56 bits per heavy atom. The molecular formula is C14H26O3Si. The van der Waals surface area contributed by atoms with Crippen LogP contribution < -0.4 is 0 Å². The van der Waals surface area contributed by atoms with Gasteiger partial charge >= 0.3 is 5.97 Å². The first-order chi connectivity index (χ1) is 8.06. The molecule has 0 aromatic rings. The van der Waals surface area contributed by atoms with Gasteiger partial charge in [-0.1, -0.05) is 26.8 Å². The highest BCUT2D eigenvalue weighted by atomic mass is 28.4. The number of hydrogen-bond donors (Lipinski definition) is 0. The van der Waals surface area contributed by atoms with Gasteiger partial charge in [0.25, 0.3) is 0 Å². The van der Waals surface area contributed by atoms with Gasteiger partial charge in [-0.2, -0.15) is 0 Å². The van der Waals surface area contributed by atoms with Crippen LogP contribution in [-0.2, 0) is 14.0 Å². The molecule has 0 aromatic carbocycles. The van der Waals surface area contributed by atoms with Crippen molar-refractivity contribution in [3.63, 3.8) is 0 Å². The van der Waals surface area contributed by atoms with Crippen molar-refractivity contribution >= 4 is 14.3 Å². The maximum atomic E-state index is 11.3. The van der Waals surface area contributed by atoms with Crippen LogP contribution in [0.2, 0.25) is 18.1 Å². The second-order valence-corrected chi connectivity index (χ2v) is 11.6. The lowest BCUT2D eigenvalue weighted by Crippen LogP contribution is -2.42. The van der Waals surface area contributed by atoms with Gasteiger partial charge in [-0.05, 0) is 25.1 Å². The topological polar surface area (TPSA) is 35.5 Å². The Labute approximate surface area is 112 Å². The van der Waals surface area contributed by atoms with Crippen LogP contribution in [0.15, 0.2) is 12.2 Å². The summed E-state index contributed by atoms with van der Waals surface area (Å²) in [5.41, 5.74) is -0.395. The lowest BCUT2D eigenvalue weighted by Gasteiger charge is -2.38. The van der Waals surface area contributed by atoms with Crippen LogP contribution >= 0.6 is 0 Å². The molecule has 4 heteroatoms. The molecule has 104 valence electrons. The predicted octanol–water partition coefficient (Wildman–Crippen LogP) is 3.66. The molecule has 0 aromatic heterocycles. The lowest BCUT2D eigenvalue weighted by atomic mass is 9.96. The van der Waals surface area contributed by atoms with Gasteiger partial charge in [-0.15, -0.1) is 0 Å². The fourth-order valence-electron chi connectivity index (χ4n) is 1.61. The Morgan fingerprint density at radius 1 is 1.44 bits per heavy atom. The number of cyclic esters (lactones) is 1. The van der Waals surface area contributed by atoms with Crippen LogP contribution in [0.5, 0.6) is 0 Å². The molecule has 1 atom stereocenters. The molecule has 0 bridgehead atoms. The summed E-state index contributed by atoms with van der Waals surface area (Å²) in [6.07, 6.45) is 4.92. The number of esters is 1. The van der Waals surface area contributed by atoms with Crippen molar-refractivity contribution in [2.24, 2.45) is 0 Å². The Bertz CT molecular complexity index is 341. The van der Waals surface area contributed by atoms with Crippen molar-refractivity contribution in [2.75, 3.05) is 6.61 Å². The van der Waals surface area contributed by atoms with Crippen LogP contribution in [0.4, 0.5) is 0 Å². The zero-order chi connectivity index (χ0) is 14.0. The van der Waals surface area contributed by atoms with Gasteiger partial charge in [-0.25, -0.2) is 4.79 Å². The van der Waals surface area contributed by atoms with Gasteiger partial charge in [0.2, 0.25) is 0 Å². The first-order valence-electron chi connectivity index (χ1n) is 6.59. The summed E-state index contributed by atoms with van der Waals surface area (Å²) in [4.78, 5) is 11.3. The molecule has 0 aliphatic carbocycles. The van der Waals surface area contributed by atoms with Crippen molar-refractivity contribution in [2.45, 2.75) is 64.3 Å². The van der Waals surface area contributed by atoms with Gasteiger partial charge < -0.3 is 9.16 Å². The highest BCUT2D eigenvalue weighted by Gasteiger charge is 2.38.